The van der Waals surface area contributed by atoms with Crippen molar-refractivity contribution in [1.29, 1.82) is 0 Å². The van der Waals surface area contributed by atoms with Gasteiger partial charge in [-0.25, -0.2) is 4.39 Å². The maximum absolute atomic E-state index is 14.0. The van der Waals surface area contributed by atoms with E-state index in [1.807, 2.05) is 26.0 Å². The monoisotopic (exact) mass is 453 g/mol. The van der Waals surface area contributed by atoms with E-state index in [1.165, 1.54) is 12.1 Å². The Balaban J connectivity index is 1.60. The van der Waals surface area contributed by atoms with Gasteiger partial charge in [0.05, 0.1) is 6.42 Å². The Morgan fingerprint density at radius 3 is 2.57 bits per heavy atom. The number of halogens is 3. The molecular weight excluding hydrogens is 428 g/mol. The Bertz CT molecular complexity index is 893. The Morgan fingerprint density at radius 2 is 1.90 bits per heavy atom. The summed E-state index contributed by atoms with van der Waals surface area (Å²) in [5, 5.41) is 12.0. The number of rotatable bonds is 5. The van der Waals surface area contributed by atoms with E-state index < -0.39 is 11.4 Å². The topological polar surface area (TPSA) is 49.8 Å². The minimum Gasteiger partial charge on any atom is -0.491 e. The van der Waals surface area contributed by atoms with Gasteiger partial charge in [0.15, 0.2) is 0 Å². The average molecular weight is 454 g/mol. The van der Waals surface area contributed by atoms with Crippen molar-refractivity contribution in [1.82, 2.24) is 4.90 Å². The zero-order valence-corrected chi connectivity index (χ0v) is 18.7. The third-order valence-corrected chi connectivity index (χ3v) is 6.53. The zero-order valence-electron chi connectivity index (χ0n) is 17.2. The number of likely N-dealkylation sites (tertiary alicyclic amines) is 1. The van der Waals surface area contributed by atoms with Crippen LogP contribution in [0, 0.1) is 19.7 Å². The van der Waals surface area contributed by atoms with Gasteiger partial charge in [0.25, 0.3) is 0 Å². The van der Waals surface area contributed by atoms with E-state index in [4.69, 9.17) is 27.9 Å². The fourth-order valence-electron chi connectivity index (χ4n) is 3.74. The highest BCUT2D eigenvalue weighted by Gasteiger charge is 2.32. The van der Waals surface area contributed by atoms with Crippen LogP contribution >= 0.6 is 23.2 Å². The van der Waals surface area contributed by atoms with E-state index in [2.05, 4.69) is 0 Å². The van der Waals surface area contributed by atoms with Crippen LogP contribution in [0.15, 0.2) is 30.3 Å². The summed E-state index contributed by atoms with van der Waals surface area (Å²) in [4.78, 5) is 14.4. The molecule has 1 N–H and O–H groups in total. The molecule has 0 aromatic heterocycles. The van der Waals surface area contributed by atoms with Crippen LogP contribution < -0.4 is 4.74 Å². The fraction of sp³-hybridized carbons (Fsp3) is 0.435. The van der Waals surface area contributed by atoms with Crippen molar-refractivity contribution in [3.63, 3.8) is 0 Å². The molecule has 0 spiro atoms. The summed E-state index contributed by atoms with van der Waals surface area (Å²) in [5.41, 5.74) is 1.01. The van der Waals surface area contributed by atoms with Crippen molar-refractivity contribution in [3.05, 3.63) is 62.9 Å². The second-order valence-corrected chi connectivity index (χ2v) is 8.78. The number of carbonyl (C=O) groups excluding carboxylic acids is 1. The van der Waals surface area contributed by atoms with Gasteiger partial charge >= 0.3 is 0 Å². The molecule has 1 atom stereocenters. The minimum absolute atomic E-state index is 0.0935. The number of aliphatic hydroxyl groups is 1. The summed E-state index contributed by atoms with van der Waals surface area (Å²) >= 11 is 12.2. The molecule has 0 radical (unpaired) electrons. The first-order valence-electron chi connectivity index (χ1n) is 10.0. The van der Waals surface area contributed by atoms with Gasteiger partial charge in [0.2, 0.25) is 5.91 Å². The van der Waals surface area contributed by atoms with Gasteiger partial charge in [-0.2, -0.15) is 0 Å². The summed E-state index contributed by atoms with van der Waals surface area (Å²) in [6, 6.07) is 8.09. The Morgan fingerprint density at radius 1 is 1.20 bits per heavy atom. The number of ether oxygens (including phenoxy) is 1. The van der Waals surface area contributed by atoms with E-state index in [-0.39, 0.29) is 29.5 Å². The normalized spacial score (nSPS) is 19.5. The molecule has 2 aromatic rings. The molecule has 4 nitrogen and oxygen atoms in total. The lowest BCUT2D eigenvalue weighted by Gasteiger charge is -2.27. The lowest BCUT2D eigenvalue weighted by Crippen LogP contribution is -2.38. The first-order chi connectivity index (χ1) is 14.2. The predicted molar refractivity (Wildman–Crippen MR) is 117 cm³/mol. The Hall–Kier alpha value is -1.82. The molecule has 0 bridgehead atoms. The summed E-state index contributed by atoms with van der Waals surface area (Å²) < 4.78 is 19.9. The molecule has 7 heteroatoms. The van der Waals surface area contributed by atoms with Crippen LogP contribution in [0.1, 0.15) is 36.0 Å². The van der Waals surface area contributed by atoms with E-state index >= 15 is 0 Å². The average Bonchev–Trinajstić information content (AvgIpc) is 2.89. The van der Waals surface area contributed by atoms with Crippen LogP contribution in [0.25, 0.3) is 0 Å². The first kappa shape index (κ1) is 22.9. The van der Waals surface area contributed by atoms with Crippen molar-refractivity contribution in [2.75, 3.05) is 19.7 Å². The third kappa shape index (κ3) is 5.45. The van der Waals surface area contributed by atoms with Crippen LogP contribution in [0.5, 0.6) is 5.75 Å². The molecule has 30 heavy (non-hydrogen) atoms. The van der Waals surface area contributed by atoms with E-state index in [0.29, 0.717) is 43.1 Å². The molecule has 1 aliphatic heterocycles. The highest BCUT2D eigenvalue weighted by molar-refractivity contribution is 6.32. The number of amides is 1. The third-order valence-electron chi connectivity index (χ3n) is 5.58. The van der Waals surface area contributed by atoms with Crippen LogP contribution in [0.2, 0.25) is 10.0 Å². The molecule has 3 rings (SSSR count). The lowest BCUT2D eigenvalue weighted by molar-refractivity contribution is -0.130. The van der Waals surface area contributed by atoms with Crippen LogP contribution in [0.3, 0.4) is 0 Å². The first-order valence-corrected chi connectivity index (χ1v) is 10.8. The summed E-state index contributed by atoms with van der Waals surface area (Å²) in [6.45, 7) is 4.84. The maximum atomic E-state index is 14.0. The number of carbonyl (C=O) groups is 1. The molecule has 1 amide bonds. The molecule has 1 saturated heterocycles. The molecule has 162 valence electrons. The van der Waals surface area contributed by atoms with Crippen molar-refractivity contribution >= 4 is 29.1 Å². The number of nitrogens with zero attached hydrogens (tertiary/aromatic N) is 1. The van der Waals surface area contributed by atoms with E-state index in [0.717, 1.165) is 11.1 Å². The van der Waals surface area contributed by atoms with E-state index in [1.54, 1.807) is 11.0 Å². The smallest absolute Gasteiger partial charge is 0.227 e. The number of benzene rings is 2. The standard InChI is InChI=1S/C23H26Cl2FNO3/c1-15-11-17(12-16(2)22(15)25)30-14-23(29)7-4-9-27(10-8-23)21(28)13-18-19(24)5-3-6-20(18)26/h3,5-6,11-12,29H,4,7-10,13-14H2,1-2H3. The second-order valence-electron chi connectivity index (χ2n) is 8.00. The molecule has 1 heterocycles. The Kier molecular flexibility index (Phi) is 7.27. The van der Waals surface area contributed by atoms with Gasteiger partial charge in [-0.15, -0.1) is 0 Å². The zero-order chi connectivity index (χ0) is 21.9. The Labute approximate surface area is 186 Å². The largest absolute Gasteiger partial charge is 0.491 e. The molecule has 1 unspecified atom stereocenters. The van der Waals surface area contributed by atoms with Crippen molar-refractivity contribution < 1.29 is 19.0 Å². The molecule has 1 fully saturated rings. The molecule has 0 aliphatic carbocycles. The summed E-state index contributed by atoms with van der Waals surface area (Å²) in [7, 11) is 0. The quantitative estimate of drug-likeness (QED) is 0.683. The summed E-state index contributed by atoms with van der Waals surface area (Å²) in [5.74, 6) is -0.0190. The number of hydrogen-bond donors (Lipinski definition) is 1. The van der Waals surface area contributed by atoms with Crippen molar-refractivity contribution in [3.8, 4) is 5.75 Å². The van der Waals surface area contributed by atoms with Gasteiger partial charge < -0.3 is 14.7 Å². The van der Waals surface area contributed by atoms with Crippen molar-refractivity contribution in [2.24, 2.45) is 0 Å². The van der Waals surface area contributed by atoms with Crippen LogP contribution in [-0.2, 0) is 11.2 Å². The fourth-order valence-corrected chi connectivity index (χ4v) is 4.08. The minimum atomic E-state index is -1.04. The molecule has 0 saturated carbocycles. The molecule has 2 aromatic carbocycles. The van der Waals surface area contributed by atoms with Gasteiger partial charge in [0, 0.05) is 28.7 Å². The van der Waals surface area contributed by atoms with Gasteiger partial charge in [-0.05, 0) is 68.5 Å². The highest BCUT2D eigenvalue weighted by Crippen LogP contribution is 2.29. The number of hydrogen-bond acceptors (Lipinski definition) is 3. The van der Waals surface area contributed by atoms with Crippen LogP contribution in [0.4, 0.5) is 4.39 Å². The maximum Gasteiger partial charge on any atom is 0.227 e. The molecule has 1 aliphatic rings. The van der Waals surface area contributed by atoms with Crippen LogP contribution in [-0.4, -0.2) is 41.2 Å². The second kappa shape index (κ2) is 9.54. The van der Waals surface area contributed by atoms with E-state index in [9.17, 15) is 14.3 Å². The molecular formula is C23H26Cl2FNO3. The van der Waals surface area contributed by atoms with Gasteiger partial charge in [-0.1, -0.05) is 29.3 Å². The SMILES string of the molecule is Cc1cc(OCC2(O)CCCN(C(=O)Cc3c(F)cccc3Cl)CC2)cc(C)c1Cl. The lowest BCUT2D eigenvalue weighted by atomic mass is 9.96. The van der Waals surface area contributed by atoms with Crippen molar-refractivity contribution in [2.45, 2.75) is 45.1 Å². The van der Waals surface area contributed by atoms with Gasteiger partial charge in [-0.3, -0.25) is 4.79 Å². The predicted octanol–water partition coefficient (Wildman–Crippen LogP) is 5.11. The highest BCUT2D eigenvalue weighted by atomic mass is 35.5. The number of aryl methyl sites for hydroxylation is 2. The van der Waals surface area contributed by atoms with Gasteiger partial charge in [0.1, 0.15) is 23.8 Å². The summed E-state index contributed by atoms with van der Waals surface area (Å²) in [6.07, 6.45) is 1.44.